The van der Waals surface area contributed by atoms with Crippen molar-refractivity contribution in [2.24, 2.45) is 5.92 Å². The van der Waals surface area contributed by atoms with Crippen molar-refractivity contribution in [2.75, 3.05) is 6.54 Å². The van der Waals surface area contributed by atoms with Crippen molar-refractivity contribution >= 4 is 11.6 Å². The van der Waals surface area contributed by atoms with E-state index in [1.54, 1.807) is 0 Å². The zero-order valence-electron chi connectivity index (χ0n) is 7.72. The lowest BCUT2D eigenvalue weighted by atomic mass is 10.1. The van der Waals surface area contributed by atoms with Crippen molar-refractivity contribution in [1.29, 1.82) is 0 Å². The molecule has 1 saturated carbocycles. The van der Waals surface area contributed by atoms with Gasteiger partial charge in [0.25, 0.3) is 0 Å². The van der Waals surface area contributed by atoms with E-state index in [-0.39, 0.29) is 0 Å². The van der Waals surface area contributed by atoms with Crippen molar-refractivity contribution < 1.29 is 4.42 Å². The molecule has 1 aliphatic rings. The molecule has 0 saturated heterocycles. The number of hydrogen-bond donors (Lipinski definition) is 1. The van der Waals surface area contributed by atoms with Gasteiger partial charge in [0, 0.05) is 0 Å². The third kappa shape index (κ3) is 2.06. The van der Waals surface area contributed by atoms with Gasteiger partial charge in [-0.05, 0) is 49.0 Å². The highest BCUT2D eigenvalue weighted by Gasteiger charge is 2.33. The first-order valence-electron chi connectivity index (χ1n) is 4.80. The van der Waals surface area contributed by atoms with Gasteiger partial charge in [0.2, 0.25) is 0 Å². The molecule has 1 aromatic heterocycles. The van der Waals surface area contributed by atoms with Crippen LogP contribution in [-0.2, 0) is 0 Å². The van der Waals surface area contributed by atoms with Crippen LogP contribution in [0.15, 0.2) is 16.5 Å². The van der Waals surface area contributed by atoms with E-state index in [1.165, 1.54) is 12.8 Å². The summed E-state index contributed by atoms with van der Waals surface area (Å²) < 4.78 is 5.40. The molecular weight excluding hydrogens is 186 g/mol. The molecule has 1 fully saturated rings. The van der Waals surface area contributed by atoms with Crippen molar-refractivity contribution in [1.82, 2.24) is 5.32 Å². The topological polar surface area (TPSA) is 25.2 Å². The minimum Gasteiger partial charge on any atom is -0.448 e. The number of rotatable bonds is 4. The van der Waals surface area contributed by atoms with Gasteiger partial charge in [-0.25, -0.2) is 0 Å². The van der Waals surface area contributed by atoms with Gasteiger partial charge in [0.15, 0.2) is 5.22 Å². The van der Waals surface area contributed by atoms with Crippen LogP contribution in [0.2, 0.25) is 5.22 Å². The second kappa shape index (κ2) is 3.72. The molecule has 0 spiro atoms. The third-order valence-electron chi connectivity index (χ3n) is 2.42. The minimum atomic E-state index is 0.373. The molecule has 1 atom stereocenters. The van der Waals surface area contributed by atoms with Gasteiger partial charge < -0.3 is 9.73 Å². The lowest BCUT2D eigenvalue weighted by Gasteiger charge is -2.13. The van der Waals surface area contributed by atoms with E-state index in [4.69, 9.17) is 16.0 Å². The Balaban J connectivity index is 2.10. The van der Waals surface area contributed by atoms with Crippen molar-refractivity contribution in [3.05, 3.63) is 23.1 Å². The highest BCUT2D eigenvalue weighted by atomic mass is 35.5. The maximum atomic E-state index is 5.74. The Labute approximate surface area is 83.3 Å². The maximum Gasteiger partial charge on any atom is 0.193 e. The first kappa shape index (κ1) is 9.10. The fourth-order valence-corrected chi connectivity index (χ4v) is 1.80. The number of halogens is 1. The van der Waals surface area contributed by atoms with Crippen LogP contribution in [0.1, 0.15) is 31.6 Å². The first-order valence-corrected chi connectivity index (χ1v) is 5.17. The van der Waals surface area contributed by atoms with Crippen LogP contribution in [0.3, 0.4) is 0 Å². The Morgan fingerprint density at radius 1 is 1.62 bits per heavy atom. The number of furan rings is 1. The summed E-state index contributed by atoms with van der Waals surface area (Å²) in [6.45, 7) is 3.08. The Hall–Kier alpha value is -0.470. The molecule has 1 N–H and O–H groups in total. The van der Waals surface area contributed by atoms with Crippen LogP contribution in [0, 0.1) is 5.92 Å². The molecule has 0 aliphatic heterocycles. The number of hydrogen-bond acceptors (Lipinski definition) is 2. The second-order valence-electron chi connectivity index (χ2n) is 3.51. The van der Waals surface area contributed by atoms with Crippen molar-refractivity contribution in [2.45, 2.75) is 25.8 Å². The van der Waals surface area contributed by atoms with E-state index < -0.39 is 0 Å². The van der Waals surface area contributed by atoms with Gasteiger partial charge in [0.05, 0.1) is 6.04 Å². The average molecular weight is 200 g/mol. The molecule has 2 nitrogen and oxygen atoms in total. The third-order valence-corrected chi connectivity index (χ3v) is 2.62. The van der Waals surface area contributed by atoms with Gasteiger partial charge >= 0.3 is 0 Å². The SMILES string of the molecule is CCNC(c1ccc(Cl)o1)C1CC1. The fraction of sp³-hybridized carbons (Fsp3) is 0.600. The summed E-state index contributed by atoms with van der Waals surface area (Å²) in [4.78, 5) is 0. The summed E-state index contributed by atoms with van der Waals surface area (Å²) in [5, 5.41) is 3.91. The van der Waals surface area contributed by atoms with E-state index in [1.807, 2.05) is 12.1 Å². The molecule has 2 rings (SSSR count). The van der Waals surface area contributed by atoms with Gasteiger partial charge in [-0.3, -0.25) is 0 Å². The largest absolute Gasteiger partial charge is 0.448 e. The van der Waals surface area contributed by atoms with E-state index in [0.29, 0.717) is 11.3 Å². The van der Waals surface area contributed by atoms with Crippen LogP contribution in [0.25, 0.3) is 0 Å². The van der Waals surface area contributed by atoms with E-state index >= 15 is 0 Å². The van der Waals surface area contributed by atoms with Crippen molar-refractivity contribution in [3.8, 4) is 0 Å². The zero-order valence-corrected chi connectivity index (χ0v) is 8.47. The summed E-state index contributed by atoms with van der Waals surface area (Å²) in [7, 11) is 0. The van der Waals surface area contributed by atoms with Crippen molar-refractivity contribution in [3.63, 3.8) is 0 Å². The molecule has 1 aromatic rings. The van der Waals surface area contributed by atoms with Gasteiger partial charge in [-0.15, -0.1) is 0 Å². The van der Waals surface area contributed by atoms with Gasteiger partial charge in [-0.2, -0.15) is 0 Å². The maximum absolute atomic E-state index is 5.74. The molecule has 0 bridgehead atoms. The number of nitrogens with one attached hydrogen (secondary N) is 1. The zero-order chi connectivity index (χ0) is 9.26. The minimum absolute atomic E-state index is 0.373. The summed E-state index contributed by atoms with van der Waals surface area (Å²) in [5.41, 5.74) is 0. The molecule has 0 amide bonds. The summed E-state index contributed by atoms with van der Waals surface area (Å²) in [6, 6.07) is 4.15. The normalized spacial score (nSPS) is 18.9. The Bertz CT molecular complexity index is 280. The van der Waals surface area contributed by atoms with Crippen LogP contribution < -0.4 is 5.32 Å². The fourth-order valence-electron chi connectivity index (χ4n) is 1.64. The lowest BCUT2D eigenvalue weighted by Crippen LogP contribution is -2.21. The average Bonchev–Trinajstić information content (AvgIpc) is 2.85. The standard InChI is InChI=1S/C10H14ClNO/c1-2-12-10(7-3-4-7)8-5-6-9(11)13-8/h5-7,10,12H,2-4H2,1H3. The van der Waals surface area contributed by atoms with E-state index in [9.17, 15) is 0 Å². The van der Waals surface area contributed by atoms with Crippen LogP contribution >= 0.6 is 11.6 Å². The highest BCUT2D eigenvalue weighted by Crippen LogP contribution is 2.41. The van der Waals surface area contributed by atoms with Crippen LogP contribution in [-0.4, -0.2) is 6.54 Å². The molecule has 0 aromatic carbocycles. The lowest BCUT2D eigenvalue weighted by molar-refractivity contribution is 0.390. The van der Waals surface area contributed by atoms with Gasteiger partial charge in [-0.1, -0.05) is 6.92 Å². The van der Waals surface area contributed by atoms with Crippen LogP contribution in [0.4, 0.5) is 0 Å². The summed E-state index contributed by atoms with van der Waals surface area (Å²) in [6.07, 6.45) is 2.60. The van der Waals surface area contributed by atoms with E-state index in [0.717, 1.165) is 18.2 Å². The van der Waals surface area contributed by atoms with E-state index in [2.05, 4.69) is 12.2 Å². The summed E-state index contributed by atoms with van der Waals surface area (Å²) >= 11 is 5.74. The van der Waals surface area contributed by atoms with Gasteiger partial charge in [0.1, 0.15) is 5.76 Å². The Kier molecular flexibility index (Phi) is 2.61. The molecule has 1 aliphatic carbocycles. The molecule has 72 valence electrons. The molecule has 1 heterocycles. The smallest absolute Gasteiger partial charge is 0.193 e. The molecule has 0 radical (unpaired) electrons. The highest BCUT2D eigenvalue weighted by molar-refractivity contribution is 6.28. The predicted octanol–water partition coefficient (Wildman–Crippen LogP) is 2.99. The second-order valence-corrected chi connectivity index (χ2v) is 3.89. The Morgan fingerprint density at radius 3 is 2.85 bits per heavy atom. The molecule has 3 heteroatoms. The monoisotopic (exact) mass is 199 g/mol. The first-order chi connectivity index (χ1) is 6.31. The molecular formula is C10H14ClNO. The predicted molar refractivity (Wildman–Crippen MR) is 52.9 cm³/mol. The molecule has 1 unspecified atom stereocenters. The van der Waals surface area contributed by atoms with Crippen LogP contribution in [0.5, 0.6) is 0 Å². The quantitative estimate of drug-likeness (QED) is 0.807. The summed E-state index contributed by atoms with van der Waals surface area (Å²) in [5.74, 6) is 1.73. The molecule has 13 heavy (non-hydrogen) atoms. The Morgan fingerprint density at radius 2 is 2.38 bits per heavy atom.